The highest BCUT2D eigenvalue weighted by atomic mass is 19.1. The van der Waals surface area contributed by atoms with Gasteiger partial charge in [0.15, 0.2) is 6.10 Å². The molecule has 2 amide bonds. The van der Waals surface area contributed by atoms with Gasteiger partial charge in [-0.05, 0) is 55.5 Å². The second kappa shape index (κ2) is 10.9. The molecule has 33 heavy (non-hydrogen) atoms. The molecule has 0 radical (unpaired) electrons. The van der Waals surface area contributed by atoms with Gasteiger partial charge in [0, 0.05) is 11.8 Å². The van der Waals surface area contributed by atoms with E-state index in [4.69, 9.17) is 9.47 Å². The van der Waals surface area contributed by atoms with E-state index in [2.05, 4.69) is 10.6 Å². The van der Waals surface area contributed by atoms with Gasteiger partial charge in [0.25, 0.3) is 11.8 Å². The number of anilines is 1. The molecule has 0 aliphatic carbocycles. The molecule has 170 valence electrons. The van der Waals surface area contributed by atoms with E-state index < -0.39 is 47.6 Å². The van der Waals surface area contributed by atoms with Crippen molar-refractivity contribution >= 4 is 23.5 Å². The zero-order chi connectivity index (χ0) is 23.8. The zero-order valence-electron chi connectivity index (χ0n) is 17.5. The summed E-state index contributed by atoms with van der Waals surface area (Å²) in [4.78, 5) is 36.1. The Kier molecular flexibility index (Phi) is 7.69. The first-order chi connectivity index (χ1) is 15.8. The first-order valence-electron chi connectivity index (χ1n) is 9.88. The van der Waals surface area contributed by atoms with Gasteiger partial charge in [-0.25, -0.2) is 8.78 Å². The number of hydrogen-bond acceptors (Lipinski definition) is 5. The summed E-state index contributed by atoms with van der Waals surface area (Å²) in [6.07, 6.45) is -1.16. The van der Waals surface area contributed by atoms with Gasteiger partial charge in [-0.2, -0.15) is 0 Å². The van der Waals surface area contributed by atoms with Gasteiger partial charge in [-0.3, -0.25) is 14.4 Å². The van der Waals surface area contributed by atoms with Crippen molar-refractivity contribution < 1.29 is 32.6 Å². The first-order valence-corrected chi connectivity index (χ1v) is 9.88. The Balaban J connectivity index is 1.45. The van der Waals surface area contributed by atoms with Crippen LogP contribution in [-0.2, 0) is 14.3 Å². The van der Waals surface area contributed by atoms with Gasteiger partial charge < -0.3 is 20.1 Å². The van der Waals surface area contributed by atoms with Crippen LogP contribution in [0.15, 0.2) is 72.8 Å². The Bertz CT molecular complexity index is 1140. The number of carbonyl (C=O) groups is 3. The molecule has 3 aromatic rings. The lowest BCUT2D eigenvalue weighted by Crippen LogP contribution is -2.36. The minimum atomic E-state index is -1.16. The Morgan fingerprint density at radius 3 is 2.24 bits per heavy atom. The van der Waals surface area contributed by atoms with Gasteiger partial charge in [-0.1, -0.05) is 18.2 Å². The molecule has 7 nitrogen and oxygen atoms in total. The van der Waals surface area contributed by atoms with E-state index in [1.165, 1.54) is 6.92 Å². The smallest absolute Gasteiger partial charge is 0.326 e. The number of benzene rings is 3. The zero-order valence-corrected chi connectivity index (χ0v) is 17.5. The molecule has 3 rings (SSSR count). The maximum atomic E-state index is 13.6. The largest absolute Gasteiger partial charge is 0.457 e. The van der Waals surface area contributed by atoms with Crippen LogP contribution >= 0.6 is 0 Å². The van der Waals surface area contributed by atoms with E-state index in [1.807, 2.05) is 30.3 Å². The predicted octanol–water partition coefficient (Wildman–Crippen LogP) is 4.06. The molecule has 0 bridgehead atoms. The minimum Gasteiger partial charge on any atom is -0.457 e. The lowest BCUT2D eigenvalue weighted by atomic mass is 10.2. The molecule has 0 aliphatic heterocycles. The van der Waals surface area contributed by atoms with Crippen LogP contribution < -0.4 is 15.4 Å². The molecule has 2 N–H and O–H groups in total. The van der Waals surface area contributed by atoms with Crippen LogP contribution in [0.2, 0.25) is 0 Å². The second-order valence-corrected chi connectivity index (χ2v) is 6.87. The molecule has 1 atom stereocenters. The molecule has 0 aromatic heterocycles. The van der Waals surface area contributed by atoms with Crippen molar-refractivity contribution in [3.05, 3.63) is 90.0 Å². The highest BCUT2D eigenvalue weighted by Gasteiger charge is 2.19. The van der Waals surface area contributed by atoms with Crippen molar-refractivity contribution in [1.29, 1.82) is 0 Å². The molecular formula is C24H20F2N2O5. The summed E-state index contributed by atoms with van der Waals surface area (Å²) in [6.45, 7) is 0.764. The minimum absolute atomic E-state index is 0.422. The van der Waals surface area contributed by atoms with Crippen LogP contribution in [0.4, 0.5) is 14.5 Å². The monoisotopic (exact) mass is 454 g/mol. The summed E-state index contributed by atoms with van der Waals surface area (Å²) in [5.41, 5.74) is 0.0399. The molecule has 0 fully saturated rings. The van der Waals surface area contributed by atoms with Crippen LogP contribution in [0.25, 0.3) is 0 Å². The van der Waals surface area contributed by atoms with E-state index in [9.17, 15) is 23.2 Å². The second-order valence-electron chi connectivity index (χ2n) is 6.87. The lowest BCUT2D eigenvalue weighted by Gasteiger charge is -2.14. The van der Waals surface area contributed by atoms with Gasteiger partial charge >= 0.3 is 5.97 Å². The van der Waals surface area contributed by atoms with Crippen molar-refractivity contribution in [2.75, 3.05) is 11.9 Å². The number of ether oxygens (including phenoxy) is 2. The van der Waals surface area contributed by atoms with E-state index in [1.54, 1.807) is 24.3 Å². The third-order valence-electron chi connectivity index (χ3n) is 4.35. The number of rotatable bonds is 8. The number of amides is 2. The fraction of sp³-hybridized carbons (Fsp3) is 0.125. The van der Waals surface area contributed by atoms with E-state index in [-0.39, 0.29) is 0 Å². The fourth-order valence-electron chi connectivity index (χ4n) is 2.69. The summed E-state index contributed by atoms with van der Waals surface area (Å²) in [6, 6.07) is 18.2. The molecule has 1 unspecified atom stereocenters. The van der Waals surface area contributed by atoms with Gasteiger partial charge in [-0.15, -0.1) is 0 Å². The number of esters is 1. The highest BCUT2D eigenvalue weighted by molar-refractivity contribution is 5.97. The normalized spacial score (nSPS) is 11.2. The van der Waals surface area contributed by atoms with E-state index in [0.29, 0.717) is 23.3 Å². The molecule has 0 aliphatic rings. The average Bonchev–Trinajstić information content (AvgIpc) is 2.79. The Hall–Kier alpha value is -4.27. The Labute approximate surface area is 188 Å². The first kappa shape index (κ1) is 23.4. The van der Waals surface area contributed by atoms with Crippen LogP contribution in [0.3, 0.4) is 0 Å². The molecule has 9 heteroatoms. The van der Waals surface area contributed by atoms with Crippen LogP contribution in [-0.4, -0.2) is 30.4 Å². The van der Waals surface area contributed by atoms with Crippen LogP contribution in [0.1, 0.15) is 17.3 Å². The van der Waals surface area contributed by atoms with Gasteiger partial charge in [0.1, 0.15) is 29.7 Å². The van der Waals surface area contributed by atoms with Crippen LogP contribution in [0, 0.1) is 11.6 Å². The molecule has 0 saturated heterocycles. The number of carbonyl (C=O) groups excluding carboxylic acids is 3. The standard InChI is InChI=1S/C24H20F2N2O5/c1-15(32-22(29)14-27-24(31)20-12-7-16(25)13-21(20)26)23(30)28-17-8-10-19(11-9-17)33-18-5-3-2-4-6-18/h2-13,15H,14H2,1H3,(H,27,31)(H,28,30). The van der Waals surface area contributed by atoms with Gasteiger partial charge in [0.05, 0.1) is 5.56 Å². The number of hydrogen-bond donors (Lipinski definition) is 2. The average molecular weight is 454 g/mol. The molecule has 3 aromatic carbocycles. The van der Waals surface area contributed by atoms with Crippen molar-refractivity contribution in [3.63, 3.8) is 0 Å². The molecule has 0 saturated carbocycles. The summed E-state index contributed by atoms with van der Waals surface area (Å²) < 4.78 is 37.2. The van der Waals surface area contributed by atoms with Crippen molar-refractivity contribution in [1.82, 2.24) is 5.32 Å². The predicted molar refractivity (Wildman–Crippen MR) is 116 cm³/mol. The number of halogens is 2. The molecule has 0 heterocycles. The lowest BCUT2D eigenvalue weighted by molar-refractivity contribution is -0.152. The number of para-hydroxylation sites is 1. The van der Waals surface area contributed by atoms with Crippen molar-refractivity contribution in [3.8, 4) is 11.5 Å². The Morgan fingerprint density at radius 1 is 0.909 bits per heavy atom. The van der Waals surface area contributed by atoms with Crippen molar-refractivity contribution in [2.24, 2.45) is 0 Å². The van der Waals surface area contributed by atoms with E-state index in [0.717, 1.165) is 12.1 Å². The summed E-state index contributed by atoms with van der Waals surface area (Å²) in [5.74, 6) is -3.05. The molecular weight excluding hydrogens is 434 g/mol. The summed E-state index contributed by atoms with van der Waals surface area (Å²) >= 11 is 0. The van der Waals surface area contributed by atoms with Crippen molar-refractivity contribution in [2.45, 2.75) is 13.0 Å². The fourth-order valence-corrected chi connectivity index (χ4v) is 2.69. The maximum absolute atomic E-state index is 13.6. The maximum Gasteiger partial charge on any atom is 0.326 e. The Morgan fingerprint density at radius 2 is 1.58 bits per heavy atom. The molecule has 0 spiro atoms. The summed E-state index contributed by atoms with van der Waals surface area (Å²) in [7, 11) is 0. The quantitative estimate of drug-likeness (QED) is 0.501. The summed E-state index contributed by atoms with van der Waals surface area (Å²) in [5, 5.41) is 4.76. The van der Waals surface area contributed by atoms with Gasteiger partial charge in [0.2, 0.25) is 0 Å². The number of nitrogens with one attached hydrogen (secondary N) is 2. The third kappa shape index (κ3) is 6.86. The third-order valence-corrected chi connectivity index (χ3v) is 4.35. The topological polar surface area (TPSA) is 93.7 Å². The SMILES string of the molecule is CC(OC(=O)CNC(=O)c1ccc(F)cc1F)C(=O)Nc1ccc(Oc2ccccc2)cc1. The van der Waals surface area contributed by atoms with E-state index >= 15 is 0 Å². The van der Waals surface area contributed by atoms with Crippen LogP contribution in [0.5, 0.6) is 11.5 Å². The highest BCUT2D eigenvalue weighted by Crippen LogP contribution is 2.22.